The number of para-hydroxylation sites is 4. The molecule has 103 heavy (non-hydrogen) atoms. The van der Waals surface area contributed by atoms with Crippen molar-refractivity contribution < 1.29 is 0 Å². The second kappa shape index (κ2) is 24.5. The molecule has 0 radical (unpaired) electrons. The van der Waals surface area contributed by atoms with Gasteiger partial charge in [0.2, 0.25) is 5.95 Å². The molecule has 490 valence electrons. The van der Waals surface area contributed by atoms with Gasteiger partial charge in [0.15, 0.2) is 6.29 Å². The van der Waals surface area contributed by atoms with Gasteiger partial charge in [0, 0.05) is 77.4 Å². The zero-order valence-electron chi connectivity index (χ0n) is 56.3. The first-order chi connectivity index (χ1) is 50.4. The monoisotopic (exact) mass is 1320 g/mol. The zero-order valence-corrected chi connectivity index (χ0v) is 56.3. The van der Waals surface area contributed by atoms with Crippen LogP contribution in [0, 0.1) is 5.92 Å². The third-order valence-corrected chi connectivity index (χ3v) is 21.8. The van der Waals surface area contributed by atoms with Crippen LogP contribution in [0.5, 0.6) is 0 Å². The number of aromatic nitrogens is 5. The van der Waals surface area contributed by atoms with Gasteiger partial charge in [0.05, 0.1) is 44.3 Å². The lowest BCUT2D eigenvalue weighted by atomic mass is 9.58. The highest BCUT2D eigenvalue weighted by Gasteiger charge is 2.50. The van der Waals surface area contributed by atoms with E-state index < -0.39 is 0 Å². The lowest BCUT2D eigenvalue weighted by molar-refractivity contribution is 0.300. The highest BCUT2D eigenvalue weighted by molar-refractivity contribution is 6.17. The summed E-state index contributed by atoms with van der Waals surface area (Å²) in [7, 11) is 0. The summed E-state index contributed by atoms with van der Waals surface area (Å²) in [5, 5.41) is 14.8. The Morgan fingerprint density at radius 3 is 1.45 bits per heavy atom. The molecule has 7 nitrogen and oxygen atoms in total. The summed E-state index contributed by atoms with van der Waals surface area (Å²) in [5.74, 6) is 0.798. The number of hydrogen-bond donors (Lipinski definition) is 1. The van der Waals surface area contributed by atoms with Crippen LogP contribution in [-0.2, 0) is 5.41 Å². The van der Waals surface area contributed by atoms with E-state index >= 15 is 0 Å². The molecule has 14 aromatic carbocycles. The molecule has 0 spiro atoms. The van der Waals surface area contributed by atoms with Crippen LogP contribution in [0.3, 0.4) is 0 Å². The summed E-state index contributed by atoms with van der Waals surface area (Å²) in [4.78, 5) is 16.4. The van der Waals surface area contributed by atoms with Crippen LogP contribution in [0.2, 0.25) is 0 Å². The average molecular weight is 1320 g/mol. The summed E-state index contributed by atoms with van der Waals surface area (Å²) in [6, 6.07) is 120. The summed E-state index contributed by atoms with van der Waals surface area (Å²) in [6.07, 6.45) is 4.33. The number of aliphatic imine (C=N–C) groups is 1. The van der Waals surface area contributed by atoms with Gasteiger partial charge >= 0.3 is 0 Å². The molecule has 0 bridgehead atoms. The van der Waals surface area contributed by atoms with Gasteiger partial charge in [-0.15, -0.1) is 0 Å². The molecule has 0 fully saturated rings. The maximum atomic E-state index is 5.61. The Morgan fingerprint density at radius 1 is 0.350 bits per heavy atom. The number of benzene rings is 14. The van der Waals surface area contributed by atoms with Crippen LogP contribution < -0.4 is 5.32 Å². The number of nitrogens with zero attached hydrogens (tertiary/aromatic N) is 6. The van der Waals surface area contributed by atoms with E-state index in [0.717, 1.165) is 44.3 Å². The molecule has 0 saturated carbocycles. The molecule has 4 aromatic heterocycles. The van der Waals surface area contributed by atoms with Gasteiger partial charge in [0.1, 0.15) is 0 Å². The Hall–Kier alpha value is -12.8. The summed E-state index contributed by atoms with van der Waals surface area (Å²) in [6.45, 7) is 4.79. The number of allylic oxidation sites excluding steroid dienone is 3. The van der Waals surface area contributed by atoms with Crippen LogP contribution in [0.25, 0.3) is 149 Å². The zero-order chi connectivity index (χ0) is 67.6. The molecule has 3 aliphatic rings. The molecule has 7 heteroatoms. The number of hydrogen-bond acceptors (Lipinski definition) is 4. The Labute approximate surface area is 598 Å². The lowest BCUT2D eigenvalue weighted by Gasteiger charge is -2.50. The first kappa shape index (κ1) is 61.3. The minimum Gasteiger partial charge on any atom is -0.309 e. The first-order valence-corrected chi connectivity index (χ1v) is 35.3. The predicted molar refractivity (Wildman–Crippen MR) is 431 cm³/mol. The summed E-state index contributed by atoms with van der Waals surface area (Å²) >= 11 is 0. The molecule has 18 aromatic rings. The van der Waals surface area contributed by atoms with E-state index in [9.17, 15) is 0 Å². The van der Waals surface area contributed by atoms with E-state index in [1.165, 1.54) is 127 Å². The predicted octanol–water partition coefficient (Wildman–Crippen LogP) is 24.2. The highest BCUT2D eigenvalue weighted by Crippen LogP contribution is 2.56. The second-order valence-electron chi connectivity index (χ2n) is 27.7. The molecule has 3 atom stereocenters. The first-order valence-electron chi connectivity index (χ1n) is 35.3. The molecule has 1 aliphatic heterocycles. The molecule has 5 heterocycles. The van der Waals surface area contributed by atoms with Gasteiger partial charge in [0.25, 0.3) is 0 Å². The second-order valence-corrected chi connectivity index (χ2v) is 27.7. The molecule has 3 unspecified atom stereocenters. The fraction of sp³-hybridized carbons (Fsp3) is 0.0729. The van der Waals surface area contributed by atoms with Crippen molar-refractivity contribution in [1.29, 1.82) is 0 Å². The Morgan fingerprint density at radius 2 is 0.806 bits per heavy atom. The Balaban J connectivity index is 0.000000145. The molecular weight excluding hydrogens is 1250 g/mol. The van der Waals surface area contributed by atoms with Crippen molar-refractivity contribution in [1.82, 2.24) is 29.0 Å². The molecule has 21 rings (SSSR count). The maximum absolute atomic E-state index is 5.61. The van der Waals surface area contributed by atoms with Crippen LogP contribution in [-0.4, -0.2) is 29.4 Å². The van der Waals surface area contributed by atoms with E-state index in [1.54, 1.807) is 0 Å². The van der Waals surface area contributed by atoms with Crippen molar-refractivity contribution in [2.24, 2.45) is 10.9 Å². The van der Waals surface area contributed by atoms with Gasteiger partial charge in [-0.25, -0.2) is 15.0 Å². The van der Waals surface area contributed by atoms with E-state index in [-0.39, 0.29) is 31.1 Å². The largest absolute Gasteiger partial charge is 0.309 e. The van der Waals surface area contributed by atoms with Crippen molar-refractivity contribution in [3.8, 4) is 56.3 Å². The van der Waals surface area contributed by atoms with E-state index in [0.29, 0.717) is 5.95 Å². The third-order valence-electron chi connectivity index (χ3n) is 21.8. The molecule has 2 aliphatic carbocycles. The van der Waals surface area contributed by atoms with E-state index in [1.807, 2.05) is 0 Å². The van der Waals surface area contributed by atoms with Crippen molar-refractivity contribution in [3.05, 3.63) is 368 Å². The quantitative estimate of drug-likeness (QED) is 0.154. The van der Waals surface area contributed by atoms with Crippen molar-refractivity contribution >= 4 is 98.4 Å². The van der Waals surface area contributed by atoms with Gasteiger partial charge < -0.3 is 9.13 Å². The maximum Gasteiger partial charge on any atom is 0.235 e. The van der Waals surface area contributed by atoms with Crippen LogP contribution in [0.4, 0.5) is 0 Å². The molecule has 1 N–H and O–H groups in total. The SMILES string of the molecule is C.CC1(C)C2=C(c3ccccc3)C=CC3=NC(n4c5ccccc5c5cc(-c6ccc7c(c6)c6ccccc6n7-c6ccccc6)ccc54)NC(c4ccccc41)C32.c1ccc(-c2ccc3c(c2)c2ccccc2n3-c2nc(-c3ccccc3)c3cc(-c4ccccc4)c4ccccc4c3n2)cc1. The summed E-state index contributed by atoms with van der Waals surface area (Å²) < 4.78 is 7.04. The van der Waals surface area contributed by atoms with E-state index in [4.69, 9.17) is 15.0 Å². The van der Waals surface area contributed by atoms with Gasteiger partial charge in [-0.3, -0.25) is 9.88 Å². The number of fused-ring (bicyclic) bond motifs is 14. The number of rotatable bonds is 8. The molecular formula is C96H71N7. The van der Waals surface area contributed by atoms with Crippen molar-refractivity contribution in [3.63, 3.8) is 0 Å². The Kier molecular flexibility index (Phi) is 14.6. The Bertz CT molecular complexity index is 6500. The third kappa shape index (κ3) is 9.86. The lowest BCUT2D eigenvalue weighted by Crippen LogP contribution is -2.50. The van der Waals surface area contributed by atoms with Gasteiger partial charge in [-0.1, -0.05) is 288 Å². The van der Waals surface area contributed by atoms with Gasteiger partial charge in [-0.2, -0.15) is 0 Å². The van der Waals surface area contributed by atoms with Crippen LogP contribution in [0.1, 0.15) is 50.3 Å². The van der Waals surface area contributed by atoms with Crippen molar-refractivity contribution in [2.75, 3.05) is 0 Å². The van der Waals surface area contributed by atoms with Crippen molar-refractivity contribution in [2.45, 2.75) is 39.0 Å². The average Bonchev–Trinajstić information content (AvgIpc) is 1.01. The smallest absolute Gasteiger partial charge is 0.235 e. The molecule has 0 saturated heterocycles. The van der Waals surface area contributed by atoms with Crippen LogP contribution >= 0.6 is 0 Å². The van der Waals surface area contributed by atoms with E-state index in [2.05, 4.69) is 379 Å². The fourth-order valence-corrected chi connectivity index (χ4v) is 17.2. The summed E-state index contributed by atoms with van der Waals surface area (Å²) in [5.41, 5.74) is 26.0. The topological polar surface area (TPSA) is 65.0 Å². The minimum atomic E-state index is -0.284. The fourth-order valence-electron chi connectivity index (χ4n) is 17.2. The standard InChI is InChI=1S/C53H40N4.C42H27N3.CH4/c1-53(2)43-22-12-9-21-40(43)51-49-44(28-27-37(50(49)53)33-15-5-3-6-16-33)54-52(55-51)57-46-24-14-11-20-39(46)42-32-35(26-30-48(42)57)34-25-29-47-41(31-34)38-19-10-13-23-45(38)56(47)36-17-7-4-8-18-36;1-4-14-28(15-5-1)31-24-25-39-36(26-31)33-21-12-13-23-38(33)45(39)42-43-40(30-18-8-3-9-19-30)37-27-35(29-16-6-2-7-17-29)32-20-10-11-22-34(32)41(37)44-42;/h3-32,49,51-52,55H,1-2H3;1-27H;1H4. The van der Waals surface area contributed by atoms with Crippen LogP contribution in [0.15, 0.2) is 356 Å². The number of nitrogens with one attached hydrogen (secondary N) is 1. The normalized spacial score (nSPS) is 15.9. The minimum absolute atomic E-state index is 0. The van der Waals surface area contributed by atoms with Gasteiger partial charge in [-0.05, 0) is 145 Å². The highest BCUT2D eigenvalue weighted by atomic mass is 15.3. The molecule has 0 amide bonds.